The van der Waals surface area contributed by atoms with E-state index in [1.54, 1.807) is 38.1 Å². The summed E-state index contributed by atoms with van der Waals surface area (Å²) in [6.07, 6.45) is 0. The number of carbonyl (C=O) groups excluding carboxylic acids is 1. The predicted molar refractivity (Wildman–Crippen MR) is 113 cm³/mol. The highest BCUT2D eigenvalue weighted by molar-refractivity contribution is 7.92. The van der Waals surface area contributed by atoms with Crippen LogP contribution in [0.2, 0.25) is 0 Å². The largest absolute Gasteiger partial charge is 0.491 e. The second-order valence-electron chi connectivity index (χ2n) is 6.56. The molecule has 0 saturated carbocycles. The van der Waals surface area contributed by atoms with Gasteiger partial charge in [-0.2, -0.15) is 0 Å². The number of carbonyl (C=O) groups is 1. The van der Waals surface area contributed by atoms with Crippen LogP contribution in [0.15, 0.2) is 48.5 Å². The van der Waals surface area contributed by atoms with Crippen molar-refractivity contribution in [3.8, 4) is 5.75 Å². The molecule has 0 aromatic heterocycles. The molecule has 0 unspecified atom stereocenters. The maximum atomic E-state index is 12.4. The van der Waals surface area contributed by atoms with Crippen molar-refractivity contribution in [2.24, 2.45) is 0 Å². The molecular weight excluding hydrogens is 376 g/mol. The summed E-state index contributed by atoms with van der Waals surface area (Å²) < 4.78 is 31.4. The number of benzene rings is 2. The molecule has 0 spiro atoms. The quantitative estimate of drug-likeness (QED) is 0.695. The van der Waals surface area contributed by atoms with Crippen LogP contribution in [0.25, 0.3) is 0 Å². The minimum Gasteiger partial charge on any atom is -0.491 e. The van der Waals surface area contributed by atoms with Gasteiger partial charge in [-0.3, -0.25) is 9.10 Å². The van der Waals surface area contributed by atoms with Crippen molar-refractivity contribution in [2.45, 2.75) is 33.7 Å². The molecule has 6 nitrogen and oxygen atoms in total. The molecule has 2 aromatic carbocycles. The van der Waals surface area contributed by atoms with Crippen molar-refractivity contribution < 1.29 is 17.9 Å². The van der Waals surface area contributed by atoms with E-state index < -0.39 is 10.0 Å². The Kier molecular flexibility index (Phi) is 7.45. The van der Waals surface area contributed by atoms with Gasteiger partial charge in [0.05, 0.1) is 17.5 Å². The highest BCUT2D eigenvalue weighted by Gasteiger charge is 2.19. The van der Waals surface area contributed by atoms with E-state index in [0.717, 1.165) is 11.3 Å². The minimum atomic E-state index is -3.34. The van der Waals surface area contributed by atoms with E-state index in [1.165, 1.54) is 4.31 Å². The topological polar surface area (TPSA) is 75.7 Å². The van der Waals surface area contributed by atoms with Gasteiger partial charge in [0.25, 0.3) is 5.91 Å². The number of hydrogen-bond acceptors (Lipinski definition) is 4. The molecule has 152 valence electrons. The average Bonchev–Trinajstić information content (AvgIpc) is 2.68. The lowest BCUT2D eigenvalue weighted by atomic mass is 10.2. The lowest BCUT2D eigenvalue weighted by molar-refractivity contribution is 0.0926. The monoisotopic (exact) mass is 404 g/mol. The third-order valence-corrected chi connectivity index (χ3v) is 6.24. The Hall–Kier alpha value is -2.54. The SMILES string of the molecule is CCN(c1ccc(C(=O)N[C@H](C)COc2ccccc2C)cc1)S(=O)(=O)CC. The number of hydrogen-bond donors (Lipinski definition) is 1. The second-order valence-corrected chi connectivity index (χ2v) is 8.75. The highest BCUT2D eigenvalue weighted by Crippen LogP contribution is 2.19. The van der Waals surface area contributed by atoms with E-state index in [-0.39, 0.29) is 17.7 Å². The Morgan fingerprint density at radius 2 is 1.75 bits per heavy atom. The van der Waals surface area contributed by atoms with Crippen LogP contribution >= 0.6 is 0 Å². The van der Waals surface area contributed by atoms with E-state index in [2.05, 4.69) is 5.32 Å². The van der Waals surface area contributed by atoms with E-state index in [4.69, 9.17) is 4.74 Å². The Bertz CT molecular complexity index is 895. The smallest absolute Gasteiger partial charge is 0.251 e. The maximum Gasteiger partial charge on any atom is 0.251 e. The number of sulfonamides is 1. The number of para-hydroxylation sites is 1. The molecule has 28 heavy (non-hydrogen) atoms. The maximum absolute atomic E-state index is 12.4. The van der Waals surface area contributed by atoms with Crippen molar-refractivity contribution >= 4 is 21.6 Å². The average molecular weight is 405 g/mol. The van der Waals surface area contributed by atoms with Crippen molar-refractivity contribution in [2.75, 3.05) is 23.2 Å². The molecule has 0 heterocycles. The first-order valence-corrected chi connectivity index (χ1v) is 11.0. The first-order valence-electron chi connectivity index (χ1n) is 9.38. The molecule has 1 atom stereocenters. The lowest BCUT2D eigenvalue weighted by Gasteiger charge is -2.22. The summed E-state index contributed by atoms with van der Waals surface area (Å²) in [6.45, 7) is 7.93. The standard InChI is InChI=1S/C21H28N2O4S/c1-5-23(28(25,26)6-2)19-13-11-18(12-14-19)21(24)22-17(4)15-27-20-10-8-7-9-16(20)3/h7-14,17H,5-6,15H2,1-4H3,(H,22,24)/t17-/m1/s1. The Morgan fingerprint density at radius 1 is 1.11 bits per heavy atom. The molecule has 0 aliphatic heterocycles. The molecule has 0 radical (unpaired) electrons. The zero-order valence-electron chi connectivity index (χ0n) is 16.8. The molecule has 0 saturated heterocycles. The van der Waals surface area contributed by atoms with Crippen LogP contribution in [0.3, 0.4) is 0 Å². The molecule has 1 amide bonds. The van der Waals surface area contributed by atoms with Crippen molar-refractivity contribution in [3.05, 3.63) is 59.7 Å². The summed E-state index contributed by atoms with van der Waals surface area (Å²) in [4.78, 5) is 12.4. The molecule has 2 aromatic rings. The Balaban J connectivity index is 1.98. The van der Waals surface area contributed by atoms with Gasteiger partial charge in [0.1, 0.15) is 12.4 Å². The molecule has 1 N–H and O–H groups in total. The zero-order valence-corrected chi connectivity index (χ0v) is 17.6. The summed E-state index contributed by atoms with van der Waals surface area (Å²) >= 11 is 0. The van der Waals surface area contributed by atoms with E-state index in [0.29, 0.717) is 24.4 Å². The van der Waals surface area contributed by atoms with Crippen LogP contribution in [-0.4, -0.2) is 39.3 Å². The predicted octanol–water partition coefficient (Wildman–Crippen LogP) is 3.37. The number of nitrogens with zero attached hydrogens (tertiary/aromatic N) is 1. The zero-order chi connectivity index (χ0) is 20.7. The van der Waals surface area contributed by atoms with Crippen molar-refractivity contribution in [1.82, 2.24) is 5.32 Å². The molecule has 2 rings (SSSR count). The van der Waals surface area contributed by atoms with Gasteiger partial charge in [-0.25, -0.2) is 8.42 Å². The van der Waals surface area contributed by atoms with Crippen molar-refractivity contribution in [1.29, 1.82) is 0 Å². The first kappa shape index (κ1) is 21.8. The van der Waals surface area contributed by atoms with Crippen LogP contribution in [0.1, 0.15) is 36.7 Å². The van der Waals surface area contributed by atoms with Crippen LogP contribution in [0.5, 0.6) is 5.75 Å². The summed E-state index contributed by atoms with van der Waals surface area (Å²) in [5.41, 5.74) is 2.06. The molecule has 0 aliphatic rings. The number of rotatable bonds is 9. The number of anilines is 1. The normalized spacial score (nSPS) is 12.3. The van der Waals surface area contributed by atoms with Gasteiger partial charge >= 0.3 is 0 Å². The fraction of sp³-hybridized carbons (Fsp3) is 0.381. The van der Waals surface area contributed by atoms with Crippen molar-refractivity contribution in [3.63, 3.8) is 0 Å². The lowest BCUT2D eigenvalue weighted by Crippen LogP contribution is -2.37. The third-order valence-electron chi connectivity index (χ3n) is 4.37. The molecule has 0 bridgehead atoms. The highest BCUT2D eigenvalue weighted by atomic mass is 32.2. The molecule has 0 aliphatic carbocycles. The van der Waals surface area contributed by atoms with Crippen LogP contribution < -0.4 is 14.4 Å². The number of amides is 1. The molecule has 7 heteroatoms. The van der Waals surface area contributed by atoms with E-state index >= 15 is 0 Å². The molecule has 0 fully saturated rings. The van der Waals surface area contributed by atoms with Gasteiger partial charge in [-0.15, -0.1) is 0 Å². The molecular formula is C21H28N2O4S. The van der Waals surface area contributed by atoms with E-state index in [1.807, 2.05) is 38.1 Å². The number of aryl methyl sites for hydroxylation is 1. The summed E-state index contributed by atoms with van der Waals surface area (Å²) in [5, 5.41) is 2.89. The van der Waals surface area contributed by atoms with E-state index in [9.17, 15) is 13.2 Å². The van der Waals surface area contributed by atoms with Gasteiger partial charge in [-0.1, -0.05) is 18.2 Å². The van der Waals surface area contributed by atoms with Gasteiger partial charge in [-0.05, 0) is 63.6 Å². The van der Waals surface area contributed by atoms with Gasteiger partial charge in [0, 0.05) is 12.1 Å². The van der Waals surface area contributed by atoms with Crippen LogP contribution in [0, 0.1) is 6.92 Å². The second kappa shape index (κ2) is 9.59. The summed E-state index contributed by atoms with van der Waals surface area (Å²) in [6, 6.07) is 14.1. The fourth-order valence-electron chi connectivity index (χ4n) is 2.76. The Morgan fingerprint density at radius 3 is 2.32 bits per heavy atom. The van der Waals surface area contributed by atoms with Gasteiger partial charge in [0.2, 0.25) is 10.0 Å². The van der Waals surface area contributed by atoms with Gasteiger partial charge in [0.15, 0.2) is 0 Å². The Labute approximate surface area is 167 Å². The summed E-state index contributed by atoms with van der Waals surface area (Å²) in [7, 11) is -3.34. The van der Waals surface area contributed by atoms with Crippen LogP contribution in [-0.2, 0) is 10.0 Å². The third kappa shape index (κ3) is 5.48. The van der Waals surface area contributed by atoms with Gasteiger partial charge < -0.3 is 10.1 Å². The fourth-order valence-corrected chi connectivity index (χ4v) is 3.90. The first-order chi connectivity index (χ1) is 13.3. The summed E-state index contributed by atoms with van der Waals surface area (Å²) in [5.74, 6) is 0.597. The van der Waals surface area contributed by atoms with Crippen LogP contribution in [0.4, 0.5) is 5.69 Å². The minimum absolute atomic E-state index is 0.0292. The number of nitrogens with one attached hydrogen (secondary N) is 1. The number of ether oxygens (including phenoxy) is 1.